The van der Waals surface area contributed by atoms with Crippen LogP contribution in [0.4, 0.5) is 14.9 Å². The summed E-state index contributed by atoms with van der Waals surface area (Å²) >= 11 is 0. The molecule has 1 fully saturated rings. The van der Waals surface area contributed by atoms with Gasteiger partial charge in [0.2, 0.25) is 0 Å². The van der Waals surface area contributed by atoms with Crippen molar-refractivity contribution in [2.75, 3.05) is 4.90 Å². The van der Waals surface area contributed by atoms with Crippen LogP contribution in [0.3, 0.4) is 0 Å². The van der Waals surface area contributed by atoms with Crippen LogP contribution in [-0.2, 0) is 16.0 Å². The van der Waals surface area contributed by atoms with Crippen LogP contribution in [0.25, 0.3) is 6.08 Å². The molecule has 0 aliphatic carbocycles. The number of urea groups is 1. The Labute approximate surface area is 172 Å². The van der Waals surface area contributed by atoms with E-state index in [1.807, 2.05) is 6.07 Å². The number of halogens is 1. The van der Waals surface area contributed by atoms with E-state index in [0.717, 1.165) is 10.5 Å². The van der Waals surface area contributed by atoms with Crippen molar-refractivity contribution in [1.82, 2.24) is 5.32 Å². The van der Waals surface area contributed by atoms with Crippen LogP contribution in [0, 0.1) is 5.82 Å². The Bertz CT molecular complexity index is 1170. The third-order valence-electron chi connectivity index (χ3n) is 4.81. The molecule has 148 valence electrons. The first-order valence-electron chi connectivity index (χ1n) is 9.32. The molecule has 4 rings (SSSR count). The number of carbonyl (C=O) groups excluding carboxylic acids is 3. The van der Waals surface area contributed by atoms with E-state index in [1.54, 1.807) is 66.7 Å². The summed E-state index contributed by atoms with van der Waals surface area (Å²) in [5.74, 6) is -1.80. The maximum absolute atomic E-state index is 14.1. The number of para-hydroxylation sites is 1. The normalized spacial score (nSPS) is 15.4. The first kappa shape index (κ1) is 19.3. The lowest BCUT2D eigenvalue weighted by Gasteiger charge is -2.26. The summed E-state index contributed by atoms with van der Waals surface area (Å²) in [5, 5.41) is 2.21. The van der Waals surface area contributed by atoms with E-state index in [-0.39, 0.29) is 11.4 Å². The highest BCUT2D eigenvalue weighted by Crippen LogP contribution is 2.24. The lowest BCUT2D eigenvalue weighted by atomic mass is 9.97. The predicted octanol–water partition coefficient (Wildman–Crippen LogP) is 4.08. The molecule has 5 nitrogen and oxygen atoms in total. The number of rotatable bonds is 4. The van der Waals surface area contributed by atoms with Crippen molar-refractivity contribution >= 4 is 29.6 Å². The number of barbiturate groups is 1. The van der Waals surface area contributed by atoms with Gasteiger partial charge in [-0.05, 0) is 41.0 Å². The summed E-state index contributed by atoms with van der Waals surface area (Å²) in [7, 11) is 0. The molecule has 1 aliphatic heterocycles. The van der Waals surface area contributed by atoms with Gasteiger partial charge in [-0.25, -0.2) is 14.1 Å². The molecule has 0 bridgehead atoms. The van der Waals surface area contributed by atoms with E-state index >= 15 is 0 Å². The van der Waals surface area contributed by atoms with Crippen molar-refractivity contribution in [2.24, 2.45) is 0 Å². The molecule has 30 heavy (non-hydrogen) atoms. The predicted molar refractivity (Wildman–Crippen MR) is 111 cm³/mol. The van der Waals surface area contributed by atoms with Crippen LogP contribution >= 0.6 is 0 Å². The molecule has 0 unspecified atom stereocenters. The van der Waals surface area contributed by atoms with Gasteiger partial charge in [0.05, 0.1) is 5.69 Å². The molecule has 6 heteroatoms. The molecule has 1 heterocycles. The molecule has 1 aliphatic rings. The Kier molecular flexibility index (Phi) is 5.22. The molecule has 1 saturated heterocycles. The summed E-state index contributed by atoms with van der Waals surface area (Å²) in [6.07, 6.45) is 1.74. The van der Waals surface area contributed by atoms with Gasteiger partial charge in [0, 0.05) is 6.42 Å². The average Bonchev–Trinajstić information content (AvgIpc) is 2.74. The third kappa shape index (κ3) is 3.75. The van der Waals surface area contributed by atoms with Gasteiger partial charge in [-0.2, -0.15) is 0 Å². The molecule has 0 aromatic heterocycles. The third-order valence-corrected chi connectivity index (χ3v) is 4.81. The van der Waals surface area contributed by atoms with Crippen molar-refractivity contribution in [1.29, 1.82) is 0 Å². The van der Waals surface area contributed by atoms with Gasteiger partial charge < -0.3 is 0 Å². The molecular weight excluding hydrogens is 383 g/mol. The summed E-state index contributed by atoms with van der Waals surface area (Å²) in [6, 6.07) is 21.1. The zero-order valence-electron chi connectivity index (χ0n) is 15.8. The Morgan fingerprint density at radius 1 is 0.800 bits per heavy atom. The Balaban J connectivity index is 1.72. The van der Waals surface area contributed by atoms with E-state index in [0.29, 0.717) is 23.2 Å². The second-order valence-corrected chi connectivity index (χ2v) is 6.76. The highest BCUT2D eigenvalue weighted by atomic mass is 19.1. The van der Waals surface area contributed by atoms with Crippen molar-refractivity contribution in [3.8, 4) is 0 Å². The standard InChI is InChI=1S/C24H17FN2O3/c25-21-13-7-6-10-18(21)14-16-8-4-5-9-17(16)15-20-22(28)26-24(30)27(23(20)29)19-11-2-1-3-12-19/h1-13,15H,14H2,(H,26,28,30)/b20-15+. The number of nitrogens with one attached hydrogen (secondary N) is 1. The Hall–Kier alpha value is -4.06. The number of amides is 4. The van der Waals surface area contributed by atoms with Gasteiger partial charge in [0.15, 0.2) is 0 Å². The molecule has 0 saturated carbocycles. The first-order valence-corrected chi connectivity index (χ1v) is 9.32. The number of nitrogens with zero attached hydrogens (tertiary/aromatic N) is 1. The van der Waals surface area contributed by atoms with Crippen molar-refractivity contribution < 1.29 is 18.8 Å². The average molecular weight is 400 g/mol. The zero-order valence-corrected chi connectivity index (χ0v) is 15.8. The first-order chi connectivity index (χ1) is 14.5. The zero-order chi connectivity index (χ0) is 21.1. The number of hydrogen-bond donors (Lipinski definition) is 1. The number of benzene rings is 3. The number of carbonyl (C=O) groups is 3. The molecule has 4 amide bonds. The van der Waals surface area contributed by atoms with Crippen molar-refractivity contribution in [3.63, 3.8) is 0 Å². The second kappa shape index (κ2) is 8.13. The van der Waals surface area contributed by atoms with E-state index in [2.05, 4.69) is 5.32 Å². The van der Waals surface area contributed by atoms with Gasteiger partial charge in [-0.1, -0.05) is 60.7 Å². The quantitative estimate of drug-likeness (QED) is 0.530. The molecule has 3 aromatic carbocycles. The second-order valence-electron chi connectivity index (χ2n) is 6.76. The summed E-state index contributed by atoms with van der Waals surface area (Å²) in [6.45, 7) is 0. The fourth-order valence-corrected chi connectivity index (χ4v) is 3.31. The minimum Gasteiger partial charge on any atom is -0.273 e. The fraction of sp³-hybridized carbons (Fsp3) is 0.0417. The van der Waals surface area contributed by atoms with Crippen LogP contribution in [0.1, 0.15) is 16.7 Å². The molecule has 1 N–H and O–H groups in total. The number of anilines is 1. The van der Waals surface area contributed by atoms with Gasteiger partial charge in [-0.15, -0.1) is 0 Å². The number of hydrogen-bond acceptors (Lipinski definition) is 3. The van der Waals surface area contributed by atoms with Gasteiger partial charge in [0.25, 0.3) is 11.8 Å². The summed E-state index contributed by atoms with van der Waals surface area (Å²) in [4.78, 5) is 38.6. The minimum atomic E-state index is -0.798. The fourth-order valence-electron chi connectivity index (χ4n) is 3.31. The van der Waals surface area contributed by atoms with Crippen molar-refractivity contribution in [2.45, 2.75) is 6.42 Å². The van der Waals surface area contributed by atoms with Crippen LogP contribution in [0.2, 0.25) is 0 Å². The van der Waals surface area contributed by atoms with Crippen LogP contribution in [-0.4, -0.2) is 17.8 Å². The van der Waals surface area contributed by atoms with E-state index in [9.17, 15) is 18.8 Å². The lowest BCUT2D eigenvalue weighted by molar-refractivity contribution is -0.122. The molecule has 0 radical (unpaired) electrons. The van der Waals surface area contributed by atoms with E-state index < -0.39 is 17.8 Å². The van der Waals surface area contributed by atoms with Crippen LogP contribution < -0.4 is 10.2 Å². The topological polar surface area (TPSA) is 66.5 Å². The van der Waals surface area contributed by atoms with Gasteiger partial charge in [0.1, 0.15) is 11.4 Å². The highest BCUT2D eigenvalue weighted by molar-refractivity contribution is 6.39. The molecule has 0 spiro atoms. The molecule has 3 aromatic rings. The minimum absolute atomic E-state index is 0.167. The Morgan fingerprint density at radius 3 is 2.17 bits per heavy atom. The van der Waals surface area contributed by atoms with Crippen LogP contribution in [0.15, 0.2) is 84.4 Å². The maximum Gasteiger partial charge on any atom is 0.335 e. The van der Waals surface area contributed by atoms with Crippen LogP contribution in [0.5, 0.6) is 0 Å². The van der Waals surface area contributed by atoms with E-state index in [1.165, 1.54) is 12.1 Å². The Morgan fingerprint density at radius 2 is 1.43 bits per heavy atom. The van der Waals surface area contributed by atoms with E-state index in [4.69, 9.17) is 0 Å². The number of imide groups is 2. The van der Waals surface area contributed by atoms with Crippen molar-refractivity contribution in [3.05, 3.63) is 107 Å². The van der Waals surface area contributed by atoms with Gasteiger partial charge in [-0.3, -0.25) is 14.9 Å². The maximum atomic E-state index is 14.1. The summed E-state index contributed by atoms with van der Waals surface area (Å²) < 4.78 is 14.1. The largest absolute Gasteiger partial charge is 0.335 e. The van der Waals surface area contributed by atoms with Gasteiger partial charge >= 0.3 is 6.03 Å². The monoisotopic (exact) mass is 400 g/mol. The molecular formula is C24H17FN2O3. The highest BCUT2D eigenvalue weighted by Gasteiger charge is 2.36. The SMILES string of the molecule is O=C1NC(=O)N(c2ccccc2)C(=O)/C1=C/c1ccccc1Cc1ccccc1F. The smallest absolute Gasteiger partial charge is 0.273 e. The molecule has 0 atom stereocenters. The lowest BCUT2D eigenvalue weighted by Crippen LogP contribution is -2.54. The summed E-state index contributed by atoms with van der Waals surface area (Å²) in [5.41, 5.74) is 2.04.